The molecule has 29 heavy (non-hydrogen) atoms. The van der Waals surface area contributed by atoms with E-state index in [0.717, 1.165) is 16.3 Å². The molecule has 10 heteroatoms. The lowest BCUT2D eigenvalue weighted by Gasteiger charge is -2.13. The fourth-order valence-electron chi connectivity index (χ4n) is 2.76. The van der Waals surface area contributed by atoms with Crippen LogP contribution in [0.1, 0.15) is 40.0 Å². The summed E-state index contributed by atoms with van der Waals surface area (Å²) in [5, 5.41) is 14.7. The lowest BCUT2D eigenvalue weighted by molar-refractivity contribution is -0.113. The molecule has 0 aliphatic heterocycles. The van der Waals surface area contributed by atoms with Crippen molar-refractivity contribution in [2.75, 3.05) is 18.2 Å². The number of thiophene rings is 2. The standard InChI is InChI=1S/C19H22N4O3S3/c1-10(2)23-16(13-6-11(3)27-8-13)21-22-19(23)28-9-15(24)20-17-14(18(25)26-5)7-12(4)29-17/h6-8,10H,9H2,1-5H3,(H,20,24). The van der Waals surface area contributed by atoms with Crippen LogP contribution in [0.3, 0.4) is 0 Å². The van der Waals surface area contributed by atoms with Crippen LogP contribution in [-0.4, -0.2) is 39.5 Å². The van der Waals surface area contributed by atoms with Crippen LogP contribution in [0.4, 0.5) is 5.00 Å². The molecule has 0 aromatic carbocycles. The molecule has 3 rings (SSSR count). The quantitative estimate of drug-likeness (QED) is 0.412. The van der Waals surface area contributed by atoms with E-state index in [1.807, 2.05) is 11.5 Å². The molecule has 1 N–H and O–H groups in total. The minimum atomic E-state index is -0.465. The van der Waals surface area contributed by atoms with Crippen molar-refractivity contribution in [3.05, 3.63) is 32.8 Å². The number of anilines is 1. The first-order valence-electron chi connectivity index (χ1n) is 8.92. The Bertz CT molecular complexity index is 1040. The molecule has 3 heterocycles. The fourth-order valence-corrected chi connectivity index (χ4v) is 5.22. The van der Waals surface area contributed by atoms with Crippen molar-refractivity contribution in [2.45, 2.75) is 38.9 Å². The Balaban J connectivity index is 1.73. The number of carbonyl (C=O) groups is 2. The third kappa shape index (κ3) is 4.88. The number of amides is 1. The van der Waals surface area contributed by atoms with Gasteiger partial charge in [-0.3, -0.25) is 9.36 Å². The molecule has 154 valence electrons. The Morgan fingerprint density at radius 1 is 1.24 bits per heavy atom. The van der Waals surface area contributed by atoms with Crippen molar-refractivity contribution in [2.24, 2.45) is 0 Å². The SMILES string of the molecule is COC(=O)c1cc(C)sc1NC(=O)CSc1nnc(-c2csc(C)c2)n1C(C)C. The van der Waals surface area contributed by atoms with Crippen molar-refractivity contribution in [3.63, 3.8) is 0 Å². The molecule has 0 radical (unpaired) electrons. The summed E-state index contributed by atoms with van der Waals surface area (Å²) < 4.78 is 6.82. The summed E-state index contributed by atoms with van der Waals surface area (Å²) >= 11 is 4.33. The van der Waals surface area contributed by atoms with Crippen molar-refractivity contribution < 1.29 is 14.3 Å². The zero-order valence-corrected chi connectivity index (χ0v) is 19.3. The maximum absolute atomic E-state index is 12.5. The van der Waals surface area contributed by atoms with Gasteiger partial charge in [-0.2, -0.15) is 0 Å². The van der Waals surface area contributed by atoms with Crippen LogP contribution in [0, 0.1) is 13.8 Å². The molecule has 3 aromatic heterocycles. The summed E-state index contributed by atoms with van der Waals surface area (Å²) in [4.78, 5) is 26.5. The number of carbonyl (C=O) groups excluding carboxylic acids is 2. The molecule has 0 bridgehead atoms. The van der Waals surface area contributed by atoms with Crippen molar-refractivity contribution in [3.8, 4) is 11.4 Å². The highest BCUT2D eigenvalue weighted by atomic mass is 32.2. The van der Waals surface area contributed by atoms with Crippen molar-refractivity contribution >= 4 is 51.3 Å². The Kier molecular flexibility index (Phi) is 6.76. The van der Waals surface area contributed by atoms with Crippen LogP contribution in [-0.2, 0) is 9.53 Å². The number of rotatable bonds is 7. The second-order valence-electron chi connectivity index (χ2n) is 6.64. The number of ether oxygens (including phenoxy) is 1. The van der Waals surface area contributed by atoms with Crippen LogP contribution < -0.4 is 5.32 Å². The summed E-state index contributed by atoms with van der Waals surface area (Å²) in [7, 11) is 1.32. The number of methoxy groups -OCH3 is 1. The number of nitrogens with zero attached hydrogens (tertiary/aromatic N) is 3. The molecule has 0 spiro atoms. The molecule has 0 saturated carbocycles. The van der Waals surface area contributed by atoms with Gasteiger partial charge in [0, 0.05) is 26.7 Å². The smallest absolute Gasteiger partial charge is 0.340 e. The number of nitrogens with one attached hydrogen (secondary N) is 1. The molecule has 0 saturated heterocycles. The van der Waals surface area contributed by atoms with E-state index in [1.165, 1.54) is 35.1 Å². The number of hydrogen-bond acceptors (Lipinski definition) is 8. The van der Waals surface area contributed by atoms with Crippen LogP contribution in [0.2, 0.25) is 0 Å². The summed E-state index contributed by atoms with van der Waals surface area (Å²) in [6.07, 6.45) is 0. The van der Waals surface area contributed by atoms with E-state index >= 15 is 0 Å². The van der Waals surface area contributed by atoms with Gasteiger partial charge < -0.3 is 10.1 Å². The number of aryl methyl sites for hydroxylation is 2. The average Bonchev–Trinajstić information content (AvgIpc) is 3.37. The van der Waals surface area contributed by atoms with Crippen molar-refractivity contribution in [1.82, 2.24) is 14.8 Å². The first kappa shape index (κ1) is 21.5. The van der Waals surface area contributed by atoms with Crippen LogP contribution in [0.5, 0.6) is 0 Å². The summed E-state index contributed by atoms with van der Waals surface area (Å²) in [6, 6.07) is 3.95. The maximum atomic E-state index is 12.5. The molecule has 0 aliphatic rings. The molecule has 0 fully saturated rings. The third-order valence-corrected chi connectivity index (χ3v) is 6.79. The molecule has 0 unspecified atom stereocenters. The van der Waals surface area contributed by atoms with Gasteiger partial charge in [0.15, 0.2) is 11.0 Å². The monoisotopic (exact) mass is 450 g/mol. The summed E-state index contributed by atoms with van der Waals surface area (Å²) in [6.45, 7) is 8.06. The van der Waals surface area contributed by atoms with Gasteiger partial charge in [-0.25, -0.2) is 4.79 Å². The Labute approximate surface area is 181 Å². The number of thioether (sulfide) groups is 1. The number of hydrogen-bond donors (Lipinski definition) is 1. The van der Waals surface area contributed by atoms with Gasteiger partial charge in [-0.1, -0.05) is 11.8 Å². The average molecular weight is 451 g/mol. The first-order chi connectivity index (χ1) is 13.8. The van der Waals surface area contributed by atoms with Crippen molar-refractivity contribution in [1.29, 1.82) is 0 Å². The topological polar surface area (TPSA) is 86.1 Å². The second kappa shape index (κ2) is 9.10. The lowest BCUT2D eigenvalue weighted by Crippen LogP contribution is -2.16. The second-order valence-corrected chi connectivity index (χ2v) is 9.96. The van der Waals surface area contributed by atoms with Crippen LogP contribution in [0.25, 0.3) is 11.4 Å². The van der Waals surface area contributed by atoms with E-state index in [2.05, 4.69) is 47.7 Å². The highest BCUT2D eigenvalue weighted by Gasteiger charge is 2.20. The first-order valence-corrected chi connectivity index (χ1v) is 11.6. The van der Waals surface area contributed by atoms with Crippen LogP contribution >= 0.6 is 34.4 Å². The van der Waals surface area contributed by atoms with Gasteiger partial charge >= 0.3 is 5.97 Å². The van der Waals surface area contributed by atoms with Gasteiger partial charge in [0.05, 0.1) is 18.4 Å². The molecule has 3 aromatic rings. The van der Waals surface area contributed by atoms with E-state index in [0.29, 0.717) is 15.7 Å². The van der Waals surface area contributed by atoms with E-state index in [4.69, 9.17) is 4.74 Å². The molecular weight excluding hydrogens is 428 g/mol. The molecule has 7 nitrogen and oxygen atoms in total. The van der Waals surface area contributed by atoms with E-state index < -0.39 is 5.97 Å². The Morgan fingerprint density at radius 2 is 2.00 bits per heavy atom. The Morgan fingerprint density at radius 3 is 2.62 bits per heavy atom. The van der Waals surface area contributed by atoms with Gasteiger partial charge in [0.25, 0.3) is 0 Å². The number of esters is 1. The van der Waals surface area contributed by atoms with Gasteiger partial charge in [0.1, 0.15) is 5.00 Å². The number of aromatic nitrogens is 3. The summed E-state index contributed by atoms with van der Waals surface area (Å²) in [5.74, 6) is 0.278. The molecular formula is C19H22N4O3S3. The lowest BCUT2D eigenvalue weighted by atomic mass is 10.3. The van der Waals surface area contributed by atoms with Gasteiger partial charge in [-0.05, 0) is 39.8 Å². The predicted octanol–water partition coefficient (Wildman–Crippen LogP) is 4.78. The van der Waals surface area contributed by atoms with Gasteiger partial charge in [-0.15, -0.1) is 32.9 Å². The maximum Gasteiger partial charge on any atom is 0.340 e. The van der Waals surface area contributed by atoms with E-state index in [-0.39, 0.29) is 17.7 Å². The van der Waals surface area contributed by atoms with Crippen LogP contribution in [0.15, 0.2) is 22.7 Å². The molecule has 1 amide bonds. The fraction of sp³-hybridized carbons (Fsp3) is 0.368. The third-order valence-electron chi connectivity index (χ3n) is 4.02. The van der Waals surface area contributed by atoms with Gasteiger partial charge in [0.2, 0.25) is 5.91 Å². The highest BCUT2D eigenvalue weighted by Crippen LogP contribution is 2.31. The molecule has 0 aliphatic carbocycles. The minimum Gasteiger partial charge on any atom is -0.465 e. The zero-order chi connectivity index (χ0) is 21.1. The van der Waals surface area contributed by atoms with E-state index in [1.54, 1.807) is 17.4 Å². The minimum absolute atomic E-state index is 0.150. The summed E-state index contributed by atoms with van der Waals surface area (Å²) in [5.41, 5.74) is 1.40. The highest BCUT2D eigenvalue weighted by molar-refractivity contribution is 7.99. The predicted molar refractivity (Wildman–Crippen MR) is 118 cm³/mol. The van der Waals surface area contributed by atoms with E-state index in [9.17, 15) is 9.59 Å². The largest absolute Gasteiger partial charge is 0.465 e. The molecule has 0 atom stereocenters. The normalized spacial score (nSPS) is 11.1. The Hall–Kier alpha value is -2.17. The zero-order valence-electron chi connectivity index (χ0n) is 16.8.